The lowest BCUT2D eigenvalue weighted by Gasteiger charge is -2.15. The van der Waals surface area contributed by atoms with Gasteiger partial charge in [0.05, 0.1) is 11.4 Å². The number of sulfonamides is 1. The van der Waals surface area contributed by atoms with Crippen LogP contribution in [-0.2, 0) is 30.8 Å². The van der Waals surface area contributed by atoms with Gasteiger partial charge in [0, 0.05) is 26.6 Å². The fraction of sp³-hybridized carbons (Fsp3) is 0.529. The highest BCUT2D eigenvalue weighted by Gasteiger charge is 2.26. The molecule has 1 aromatic rings. The molecule has 0 aliphatic carbocycles. The smallest absolute Gasteiger partial charge is 0.334 e. The molecule has 1 aromatic carbocycles. The minimum atomic E-state index is -3.43. The van der Waals surface area contributed by atoms with E-state index in [-0.39, 0.29) is 23.8 Å². The van der Waals surface area contributed by atoms with Gasteiger partial charge in [-0.2, -0.15) is 4.31 Å². The maximum absolute atomic E-state index is 12.4. The lowest BCUT2D eigenvalue weighted by atomic mass is 10.1. The number of nitrogens with one attached hydrogen (secondary N) is 1. The van der Waals surface area contributed by atoms with Crippen molar-refractivity contribution in [1.82, 2.24) is 9.62 Å². The van der Waals surface area contributed by atoms with Gasteiger partial charge < -0.3 is 15.2 Å². The Labute approximate surface area is 153 Å². The number of nitrogens with zero attached hydrogens (tertiary/aromatic N) is 1. The van der Waals surface area contributed by atoms with E-state index in [0.29, 0.717) is 19.5 Å². The first-order chi connectivity index (χ1) is 12.3. The number of carboxylic acid groups (broad SMARTS) is 1. The van der Waals surface area contributed by atoms with E-state index in [2.05, 4.69) is 5.32 Å². The summed E-state index contributed by atoms with van der Waals surface area (Å²) >= 11 is 0. The second kappa shape index (κ2) is 9.11. The highest BCUT2D eigenvalue weighted by Crippen LogP contribution is 2.21. The summed E-state index contributed by atoms with van der Waals surface area (Å²) in [4.78, 5) is 22.9. The van der Waals surface area contributed by atoms with Crippen LogP contribution in [0.2, 0.25) is 0 Å². The number of hydrogen-bond donors (Lipinski definition) is 2. The topological polar surface area (TPSA) is 113 Å². The number of aryl methyl sites for hydroxylation is 1. The standard InChI is InChI=1S/C17H24N2O6S/c1-25-15(17(21)22)12-18-16(20)9-6-13-4-7-14(8-5-13)26(23,24)19-10-2-3-11-19/h4-5,7-8,15H,2-3,6,9-12H2,1H3,(H,18,20)(H,21,22). The maximum atomic E-state index is 12.4. The normalized spacial score (nSPS) is 16.3. The molecule has 144 valence electrons. The Hall–Kier alpha value is -1.97. The number of methoxy groups -OCH3 is 1. The molecule has 2 N–H and O–H groups in total. The SMILES string of the molecule is COC(CNC(=O)CCc1ccc(S(=O)(=O)N2CCCC2)cc1)C(=O)O. The van der Waals surface area contributed by atoms with Crippen LogP contribution in [0.1, 0.15) is 24.8 Å². The zero-order valence-electron chi connectivity index (χ0n) is 14.7. The summed E-state index contributed by atoms with van der Waals surface area (Å²) in [5, 5.41) is 11.3. The summed E-state index contributed by atoms with van der Waals surface area (Å²) < 4.78 is 31.1. The lowest BCUT2D eigenvalue weighted by molar-refractivity contribution is -0.148. The number of benzene rings is 1. The number of carbonyl (C=O) groups excluding carboxylic acids is 1. The maximum Gasteiger partial charge on any atom is 0.334 e. The van der Waals surface area contributed by atoms with Gasteiger partial charge in [0.15, 0.2) is 6.10 Å². The van der Waals surface area contributed by atoms with Gasteiger partial charge >= 0.3 is 5.97 Å². The first kappa shape index (κ1) is 20.3. The third-order valence-corrected chi connectivity index (χ3v) is 6.22. The molecule has 1 saturated heterocycles. The molecule has 1 aliphatic heterocycles. The summed E-state index contributed by atoms with van der Waals surface area (Å²) in [7, 11) is -2.16. The summed E-state index contributed by atoms with van der Waals surface area (Å²) in [6.45, 7) is 1.02. The fourth-order valence-electron chi connectivity index (χ4n) is 2.73. The first-order valence-electron chi connectivity index (χ1n) is 8.46. The zero-order valence-corrected chi connectivity index (χ0v) is 15.5. The van der Waals surface area contributed by atoms with Crippen molar-refractivity contribution in [3.8, 4) is 0 Å². The third kappa shape index (κ3) is 5.26. The second-order valence-corrected chi connectivity index (χ2v) is 8.06. The van der Waals surface area contributed by atoms with Crippen LogP contribution < -0.4 is 5.32 Å². The molecule has 0 saturated carbocycles. The van der Waals surface area contributed by atoms with E-state index in [9.17, 15) is 18.0 Å². The highest BCUT2D eigenvalue weighted by atomic mass is 32.2. The Morgan fingerprint density at radius 1 is 1.23 bits per heavy atom. The van der Waals surface area contributed by atoms with Crippen molar-refractivity contribution in [1.29, 1.82) is 0 Å². The van der Waals surface area contributed by atoms with Crippen LogP contribution in [-0.4, -0.2) is 62.6 Å². The molecule has 1 fully saturated rings. The number of carboxylic acids is 1. The number of carbonyl (C=O) groups is 2. The van der Waals surface area contributed by atoms with E-state index >= 15 is 0 Å². The van der Waals surface area contributed by atoms with Crippen molar-refractivity contribution >= 4 is 21.9 Å². The molecule has 2 rings (SSSR count). The number of hydrogen-bond acceptors (Lipinski definition) is 5. The number of rotatable bonds is 9. The van der Waals surface area contributed by atoms with E-state index in [1.54, 1.807) is 24.3 Å². The van der Waals surface area contributed by atoms with Crippen LogP contribution in [0, 0.1) is 0 Å². The van der Waals surface area contributed by atoms with Gasteiger partial charge in [-0.1, -0.05) is 12.1 Å². The van der Waals surface area contributed by atoms with Crippen molar-refractivity contribution in [3.63, 3.8) is 0 Å². The average molecular weight is 384 g/mol. The van der Waals surface area contributed by atoms with Crippen molar-refractivity contribution in [3.05, 3.63) is 29.8 Å². The molecule has 0 radical (unpaired) electrons. The molecule has 0 bridgehead atoms. The van der Waals surface area contributed by atoms with E-state index in [4.69, 9.17) is 9.84 Å². The summed E-state index contributed by atoms with van der Waals surface area (Å²) in [6.07, 6.45) is 1.31. The van der Waals surface area contributed by atoms with Gasteiger partial charge in [-0.3, -0.25) is 4.79 Å². The van der Waals surface area contributed by atoms with Crippen LogP contribution in [0.25, 0.3) is 0 Å². The number of amides is 1. The van der Waals surface area contributed by atoms with Gasteiger partial charge in [-0.05, 0) is 37.0 Å². The predicted molar refractivity (Wildman–Crippen MR) is 94.2 cm³/mol. The quantitative estimate of drug-likeness (QED) is 0.645. The summed E-state index contributed by atoms with van der Waals surface area (Å²) in [5.74, 6) is -1.43. The fourth-order valence-corrected chi connectivity index (χ4v) is 4.25. The molecular formula is C17H24N2O6S. The molecule has 0 spiro atoms. The highest BCUT2D eigenvalue weighted by molar-refractivity contribution is 7.89. The second-order valence-electron chi connectivity index (χ2n) is 6.12. The van der Waals surface area contributed by atoms with Crippen molar-refractivity contribution in [2.24, 2.45) is 0 Å². The summed E-state index contributed by atoms with van der Waals surface area (Å²) in [6, 6.07) is 6.52. The summed E-state index contributed by atoms with van der Waals surface area (Å²) in [5.41, 5.74) is 0.835. The van der Waals surface area contributed by atoms with E-state index in [1.165, 1.54) is 11.4 Å². The van der Waals surface area contributed by atoms with Gasteiger partial charge in [-0.15, -0.1) is 0 Å². The van der Waals surface area contributed by atoms with E-state index in [1.807, 2.05) is 0 Å². The van der Waals surface area contributed by atoms with Crippen LogP contribution in [0.15, 0.2) is 29.2 Å². The Morgan fingerprint density at radius 3 is 2.38 bits per heavy atom. The minimum Gasteiger partial charge on any atom is -0.479 e. The van der Waals surface area contributed by atoms with Crippen molar-refractivity contribution in [2.45, 2.75) is 36.7 Å². The van der Waals surface area contributed by atoms with E-state index < -0.39 is 22.1 Å². The van der Waals surface area contributed by atoms with Gasteiger partial charge in [0.1, 0.15) is 0 Å². The number of ether oxygens (including phenoxy) is 1. The number of aliphatic carboxylic acids is 1. The third-order valence-electron chi connectivity index (χ3n) is 4.31. The van der Waals surface area contributed by atoms with Gasteiger partial charge in [0.2, 0.25) is 15.9 Å². The van der Waals surface area contributed by atoms with Crippen LogP contribution in [0.4, 0.5) is 0 Å². The van der Waals surface area contributed by atoms with Crippen molar-refractivity contribution in [2.75, 3.05) is 26.7 Å². The molecule has 0 aromatic heterocycles. The molecule has 1 heterocycles. The lowest BCUT2D eigenvalue weighted by Crippen LogP contribution is -2.37. The Kier molecular flexibility index (Phi) is 7.13. The average Bonchev–Trinajstić information content (AvgIpc) is 3.16. The molecule has 1 aliphatic rings. The van der Waals surface area contributed by atoms with Gasteiger partial charge in [-0.25, -0.2) is 13.2 Å². The minimum absolute atomic E-state index is 0.0995. The largest absolute Gasteiger partial charge is 0.479 e. The Balaban J connectivity index is 1.85. The zero-order chi connectivity index (χ0) is 19.2. The van der Waals surface area contributed by atoms with E-state index in [0.717, 1.165) is 18.4 Å². The van der Waals surface area contributed by atoms with Crippen LogP contribution in [0.3, 0.4) is 0 Å². The van der Waals surface area contributed by atoms with Gasteiger partial charge in [0.25, 0.3) is 0 Å². The van der Waals surface area contributed by atoms with Crippen LogP contribution >= 0.6 is 0 Å². The molecule has 1 unspecified atom stereocenters. The Bertz CT molecular complexity index is 726. The van der Waals surface area contributed by atoms with Crippen molar-refractivity contribution < 1.29 is 27.9 Å². The first-order valence-corrected chi connectivity index (χ1v) is 9.90. The predicted octanol–water partition coefficient (Wildman–Crippen LogP) is 0.620. The molecule has 9 heteroatoms. The molecule has 8 nitrogen and oxygen atoms in total. The molecule has 1 amide bonds. The van der Waals surface area contributed by atoms with Crippen LogP contribution in [0.5, 0.6) is 0 Å². The molecule has 1 atom stereocenters. The molecule has 26 heavy (non-hydrogen) atoms. The monoisotopic (exact) mass is 384 g/mol. The Morgan fingerprint density at radius 2 is 1.85 bits per heavy atom. The molecular weight excluding hydrogens is 360 g/mol.